The van der Waals surface area contributed by atoms with Crippen molar-refractivity contribution in [2.24, 2.45) is 0 Å². The van der Waals surface area contributed by atoms with E-state index in [0.717, 1.165) is 0 Å². The molecule has 7 nitrogen and oxygen atoms in total. The number of carbonyl (C=O) groups is 1. The van der Waals surface area contributed by atoms with Crippen LogP contribution in [0.15, 0.2) is 11.1 Å². The van der Waals surface area contributed by atoms with Gasteiger partial charge in [-0.2, -0.15) is 5.10 Å². The van der Waals surface area contributed by atoms with Crippen LogP contribution in [0, 0.1) is 0 Å². The summed E-state index contributed by atoms with van der Waals surface area (Å²) in [7, 11) is 2.08. The molecule has 0 aromatic carbocycles. The van der Waals surface area contributed by atoms with Crippen LogP contribution >= 0.6 is 0 Å². The lowest BCUT2D eigenvalue weighted by Crippen LogP contribution is -2.42. The minimum Gasteiger partial charge on any atom is -0.353 e. The van der Waals surface area contributed by atoms with Crippen LogP contribution in [-0.4, -0.2) is 51.2 Å². The number of nitrogens with zero attached hydrogens (tertiary/aromatic N) is 3. The third-order valence-electron chi connectivity index (χ3n) is 3.34. The Labute approximate surface area is 105 Å². The van der Waals surface area contributed by atoms with Gasteiger partial charge < -0.3 is 5.32 Å². The van der Waals surface area contributed by atoms with Gasteiger partial charge in [-0.05, 0) is 26.8 Å². The molecule has 1 amide bonds. The molecule has 1 aliphatic carbocycles. The molecule has 1 aromatic rings. The largest absolute Gasteiger partial charge is 0.353 e. The van der Waals surface area contributed by atoms with Gasteiger partial charge in [-0.1, -0.05) is 0 Å². The van der Waals surface area contributed by atoms with E-state index < -0.39 is 0 Å². The third kappa shape index (κ3) is 3.19. The molecule has 0 bridgehead atoms. The van der Waals surface area contributed by atoms with Crippen molar-refractivity contribution in [3.63, 3.8) is 0 Å². The Balaban J connectivity index is 1.74. The predicted octanol–water partition coefficient (Wildman–Crippen LogP) is -0.830. The van der Waals surface area contributed by atoms with Gasteiger partial charge in [0.05, 0.1) is 0 Å². The first-order chi connectivity index (χ1) is 8.58. The first kappa shape index (κ1) is 12.8. The summed E-state index contributed by atoms with van der Waals surface area (Å²) >= 11 is 0. The van der Waals surface area contributed by atoms with Gasteiger partial charge in [0.2, 0.25) is 5.91 Å². The molecule has 0 radical (unpaired) electrons. The highest BCUT2D eigenvalue weighted by Gasteiger charge is 2.29. The molecule has 0 spiro atoms. The number of nitrogens with one attached hydrogen (secondary N) is 2. The van der Waals surface area contributed by atoms with Crippen molar-refractivity contribution in [3.05, 3.63) is 16.8 Å². The van der Waals surface area contributed by atoms with E-state index in [1.165, 1.54) is 23.7 Å². The lowest BCUT2D eigenvalue weighted by Gasteiger charge is -2.24. The molecule has 2 rings (SSSR count). The molecule has 0 aliphatic heterocycles. The average molecular weight is 253 g/mol. The van der Waals surface area contributed by atoms with Crippen LogP contribution in [0.3, 0.4) is 0 Å². The fourth-order valence-corrected chi connectivity index (χ4v) is 1.84. The summed E-state index contributed by atoms with van der Waals surface area (Å²) in [6, 6.07) is 0.982. The smallest absolute Gasteiger partial charge is 0.343 e. The Kier molecular flexibility index (Phi) is 3.81. The lowest BCUT2D eigenvalue weighted by molar-refractivity contribution is -0.121. The predicted molar refractivity (Wildman–Crippen MR) is 66.1 cm³/mol. The fourth-order valence-electron chi connectivity index (χ4n) is 1.84. The minimum absolute atomic E-state index is 0.00912. The number of aromatic amines is 1. The van der Waals surface area contributed by atoms with E-state index in [4.69, 9.17) is 0 Å². The molecule has 1 atom stereocenters. The van der Waals surface area contributed by atoms with Crippen LogP contribution in [-0.2, 0) is 11.3 Å². The Morgan fingerprint density at radius 1 is 1.72 bits per heavy atom. The van der Waals surface area contributed by atoms with E-state index >= 15 is 0 Å². The maximum absolute atomic E-state index is 11.6. The number of hydrogen-bond acceptors (Lipinski definition) is 4. The summed E-state index contributed by atoms with van der Waals surface area (Å²) in [6.45, 7) is 2.69. The second-order valence-corrected chi connectivity index (χ2v) is 4.84. The Bertz CT molecular complexity index is 462. The standard InChI is InChI=1S/C11H19N5O2/c1-8(15(2)9-3-4-9)5-12-10(17)6-16-7-13-14-11(16)18/h7-9H,3-6H2,1-2H3,(H,12,17)(H,14,18). The number of H-pyrrole nitrogens is 1. The normalized spacial score (nSPS) is 16.8. The van der Waals surface area contributed by atoms with E-state index in [-0.39, 0.29) is 18.1 Å². The van der Waals surface area contributed by atoms with E-state index in [9.17, 15) is 9.59 Å². The van der Waals surface area contributed by atoms with Crippen LogP contribution < -0.4 is 11.0 Å². The SMILES string of the molecule is CC(CNC(=O)Cn1cn[nH]c1=O)N(C)C1CC1. The molecule has 1 aromatic heterocycles. The molecule has 0 saturated heterocycles. The zero-order valence-corrected chi connectivity index (χ0v) is 10.7. The van der Waals surface area contributed by atoms with Crippen molar-refractivity contribution < 1.29 is 4.79 Å². The van der Waals surface area contributed by atoms with Crippen LogP contribution in [0.25, 0.3) is 0 Å². The minimum atomic E-state index is -0.367. The molecule has 1 fully saturated rings. The van der Waals surface area contributed by atoms with E-state index in [1.54, 1.807) is 0 Å². The Hall–Kier alpha value is -1.63. The highest BCUT2D eigenvalue weighted by molar-refractivity contribution is 5.75. The summed E-state index contributed by atoms with van der Waals surface area (Å²) in [4.78, 5) is 25.1. The summed E-state index contributed by atoms with van der Waals surface area (Å²) in [5.41, 5.74) is -0.367. The third-order valence-corrected chi connectivity index (χ3v) is 3.34. The van der Waals surface area contributed by atoms with Gasteiger partial charge in [0, 0.05) is 18.6 Å². The molecule has 1 unspecified atom stereocenters. The zero-order valence-electron chi connectivity index (χ0n) is 10.7. The Morgan fingerprint density at radius 3 is 3.00 bits per heavy atom. The number of rotatable bonds is 6. The molecule has 1 heterocycles. The summed E-state index contributed by atoms with van der Waals surface area (Å²) in [5, 5.41) is 8.65. The molecule has 18 heavy (non-hydrogen) atoms. The molecule has 100 valence electrons. The lowest BCUT2D eigenvalue weighted by atomic mass is 10.3. The highest BCUT2D eigenvalue weighted by atomic mass is 16.2. The van der Waals surface area contributed by atoms with Crippen LogP contribution in [0.5, 0.6) is 0 Å². The topological polar surface area (TPSA) is 83.0 Å². The summed E-state index contributed by atoms with van der Waals surface area (Å²) < 4.78 is 1.24. The van der Waals surface area contributed by atoms with Crippen molar-refractivity contribution in [2.45, 2.75) is 38.4 Å². The molecule has 7 heteroatoms. The molecular formula is C11H19N5O2. The van der Waals surface area contributed by atoms with Crippen LogP contribution in [0.1, 0.15) is 19.8 Å². The maximum atomic E-state index is 11.6. The van der Waals surface area contributed by atoms with Crippen molar-refractivity contribution in [1.82, 2.24) is 25.0 Å². The van der Waals surface area contributed by atoms with E-state index in [0.29, 0.717) is 18.6 Å². The maximum Gasteiger partial charge on any atom is 0.343 e. The molecule has 1 aliphatic rings. The zero-order chi connectivity index (χ0) is 13.1. The van der Waals surface area contributed by atoms with Crippen LogP contribution in [0.2, 0.25) is 0 Å². The van der Waals surface area contributed by atoms with Gasteiger partial charge in [-0.3, -0.25) is 14.3 Å². The summed E-state index contributed by atoms with van der Waals surface area (Å²) in [6.07, 6.45) is 3.82. The van der Waals surface area contributed by atoms with Gasteiger partial charge >= 0.3 is 5.69 Å². The van der Waals surface area contributed by atoms with Crippen LogP contribution in [0.4, 0.5) is 0 Å². The average Bonchev–Trinajstić information content (AvgIpc) is 3.12. The van der Waals surface area contributed by atoms with Gasteiger partial charge in [0.25, 0.3) is 0 Å². The molecule has 1 saturated carbocycles. The second kappa shape index (κ2) is 5.34. The fraction of sp³-hybridized carbons (Fsp3) is 0.727. The van der Waals surface area contributed by atoms with Crippen molar-refractivity contribution >= 4 is 5.91 Å². The Morgan fingerprint density at radius 2 is 2.44 bits per heavy atom. The second-order valence-electron chi connectivity index (χ2n) is 4.84. The number of likely N-dealkylation sites (N-methyl/N-ethyl adjacent to an activating group) is 1. The molecule has 2 N–H and O–H groups in total. The number of carbonyl (C=O) groups excluding carboxylic acids is 1. The van der Waals surface area contributed by atoms with Crippen molar-refractivity contribution in [2.75, 3.05) is 13.6 Å². The number of aromatic nitrogens is 3. The van der Waals surface area contributed by atoms with Gasteiger partial charge in [-0.25, -0.2) is 9.89 Å². The van der Waals surface area contributed by atoms with Gasteiger partial charge in [0.1, 0.15) is 12.9 Å². The quantitative estimate of drug-likeness (QED) is 0.693. The number of amides is 1. The summed E-state index contributed by atoms with van der Waals surface area (Å²) in [5.74, 6) is -0.172. The van der Waals surface area contributed by atoms with E-state index in [1.807, 2.05) is 0 Å². The van der Waals surface area contributed by atoms with Gasteiger partial charge in [-0.15, -0.1) is 0 Å². The number of hydrogen-bond donors (Lipinski definition) is 2. The van der Waals surface area contributed by atoms with Gasteiger partial charge in [0.15, 0.2) is 0 Å². The van der Waals surface area contributed by atoms with Crippen molar-refractivity contribution in [3.8, 4) is 0 Å². The van der Waals surface area contributed by atoms with E-state index in [2.05, 4.69) is 34.4 Å². The monoisotopic (exact) mass is 253 g/mol. The first-order valence-corrected chi connectivity index (χ1v) is 6.16. The molecular weight excluding hydrogens is 234 g/mol. The highest BCUT2D eigenvalue weighted by Crippen LogP contribution is 2.26. The first-order valence-electron chi connectivity index (χ1n) is 6.16. The van der Waals surface area contributed by atoms with Crippen molar-refractivity contribution in [1.29, 1.82) is 0 Å².